The third-order valence-electron chi connectivity index (χ3n) is 3.23. The summed E-state index contributed by atoms with van der Waals surface area (Å²) in [6.45, 7) is 3.31. The van der Waals surface area contributed by atoms with Gasteiger partial charge in [-0.05, 0) is 31.6 Å². The van der Waals surface area contributed by atoms with Gasteiger partial charge in [-0.3, -0.25) is 4.79 Å². The van der Waals surface area contributed by atoms with Crippen LogP contribution in [0.4, 0.5) is 18.0 Å². The molecule has 7 heteroatoms. The van der Waals surface area contributed by atoms with E-state index in [4.69, 9.17) is 4.74 Å². The molecule has 1 fully saturated rings. The van der Waals surface area contributed by atoms with Crippen LogP contribution in [0.15, 0.2) is 30.3 Å². The number of carbonyl (C=O) groups is 2. The number of amides is 2. The van der Waals surface area contributed by atoms with Gasteiger partial charge in [0.2, 0.25) is 0 Å². The van der Waals surface area contributed by atoms with Gasteiger partial charge in [-0.1, -0.05) is 18.2 Å². The van der Waals surface area contributed by atoms with Crippen LogP contribution in [0.1, 0.15) is 25.0 Å². The molecule has 1 heterocycles. The molecule has 0 aliphatic carbocycles. The molecule has 0 unspecified atom stereocenters. The van der Waals surface area contributed by atoms with Crippen molar-refractivity contribution in [3.63, 3.8) is 0 Å². The van der Waals surface area contributed by atoms with E-state index >= 15 is 0 Å². The van der Waals surface area contributed by atoms with Crippen LogP contribution in [0.3, 0.4) is 0 Å². The van der Waals surface area contributed by atoms with Crippen LogP contribution in [0.5, 0.6) is 0 Å². The molecule has 1 aliphatic heterocycles. The minimum absolute atomic E-state index is 0.0462. The van der Waals surface area contributed by atoms with Crippen LogP contribution in [0.25, 0.3) is 6.08 Å². The van der Waals surface area contributed by atoms with Gasteiger partial charge >= 0.3 is 12.3 Å². The molecular formula is C15H14F3NO3. The molecular weight excluding hydrogens is 299 g/mol. The number of benzene rings is 1. The first-order chi connectivity index (χ1) is 10.1. The van der Waals surface area contributed by atoms with Gasteiger partial charge in [-0.25, -0.2) is 9.69 Å². The quantitative estimate of drug-likeness (QED) is 0.785. The van der Waals surface area contributed by atoms with Gasteiger partial charge in [0.15, 0.2) is 0 Å². The second-order valence-corrected chi connectivity index (χ2v) is 5.46. The number of hydrogen-bond donors (Lipinski definition) is 0. The van der Waals surface area contributed by atoms with Crippen LogP contribution >= 0.6 is 0 Å². The lowest BCUT2D eigenvalue weighted by Gasteiger charge is -2.24. The molecule has 2 amide bonds. The van der Waals surface area contributed by atoms with Crippen molar-refractivity contribution in [2.75, 3.05) is 6.61 Å². The van der Waals surface area contributed by atoms with E-state index in [2.05, 4.69) is 0 Å². The predicted octanol–water partition coefficient (Wildman–Crippen LogP) is 3.48. The number of ether oxygens (including phenoxy) is 1. The Kier molecular flexibility index (Phi) is 4.00. The molecule has 0 N–H and O–H groups in total. The summed E-state index contributed by atoms with van der Waals surface area (Å²) in [6, 6.07) is 4.88. The molecule has 1 saturated heterocycles. The highest BCUT2D eigenvalue weighted by Crippen LogP contribution is 2.32. The van der Waals surface area contributed by atoms with Gasteiger partial charge in [-0.15, -0.1) is 0 Å². The molecule has 1 aromatic rings. The van der Waals surface area contributed by atoms with Crippen LogP contribution in [-0.4, -0.2) is 29.0 Å². The van der Waals surface area contributed by atoms with Crippen LogP contribution < -0.4 is 0 Å². The molecule has 0 saturated carbocycles. The van der Waals surface area contributed by atoms with Crippen molar-refractivity contribution in [1.82, 2.24) is 4.90 Å². The van der Waals surface area contributed by atoms with E-state index in [9.17, 15) is 22.8 Å². The number of carbonyl (C=O) groups excluding carboxylic acids is 2. The van der Waals surface area contributed by atoms with E-state index in [1.165, 1.54) is 18.2 Å². The zero-order chi connectivity index (χ0) is 16.5. The van der Waals surface area contributed by atoms with Gasteiger partial charge in [0.05, 0.1) is 11.1 Å². The fourth-order valence-electron chi connectivity index (χ4n) is 2.14. The van der Waals surface area contributed by atoms with Crippen LogP contribution in [0, 0.1) is 0 Å². The Hall–Kier alpha value is -2.31. The topological polar surface area (TPSA) is 46.6 Å². The highest BCUT2D eigenvalue weighted by molar-refractivity contribution is 6.02. The summed E-state index contributed by atoms with van der Waals surface area (Å²) in [5, 5.41) is 0. The molecule has 22 heavy (non-hydrogen) atoms. The fraction of sp³-hybridized carbons (Fsp3) is 0.333. The van der Waals surface area contributed by atoms with Crippen molar-refractivity contribution < 1.29 is 27.5 Å². The van der Waals surface area contributed by atoms with E-state index in [1.807, 2.05) is 0 Å². The summed E-state index contributed by atoms with van der Waals surface area (Å²) < 4.78 is 43.4. The Morgan fingerprint density at radius 2 is 1.95 bits per heavy atom. The number of cyclic esters (lactones) is 1. The normalized spacial score (nSPS) is 17.9. The molecule has 2 rings (SSSR count). The number of halogens is 3. The van der Waals surface area contributed by atoms with Crippen LogP contribution in [-0.2, 0) is 15.7 Å². The average Bonchev–Trinajstić information content (AvgIpc) is 2.69. The lowest BCUT2D eigenvalue weighted by Crippen LogP contribution is -2.45. The Labute approximate surface area is 125 Å². The van der Waals surface area contributed by atoms with Crippen molar-refractivity contribution in [2.24, 2.45) is 0 Å². The zero-order valence-corrected chi connectivity index (χ0v) is 12.0. The second-order valence-electron chi connectivity index (χ2n) is 5.46. The van der Waals surface area contributed by atoms with Crippen molar-refractivity contribution in [3.8, 4) is 0 Å². The third-order valence-corrected chi connectivity index (χ3v) is 3.23. The highest BCUT2D eigenvalue weighted by atomic mass is 19.4. The van der Waals surface area contributed by atoms with Gasteiger partial charge in [0.1, 0.15) is 6.61 Å². The van der Waals surface area contributed by atoms with E-state index in [-0.39, 0.29) is 12.2 Å². The maximum Gasteiger partial charge on any atom is 0.417 e. The predicted molar refractivity (Wildman–Crippen MR) is 72.8 cm³/mol. The smallest absolute Gasteiger partial charge is 0.417 e. The third kappa shape index (κ3) is 3.13. The molecule has 1 aromatic carbocycles. The van der Waals surface area contributed by atoms with Crippen LogP contribution in [0.2, 0.25) is 0 Å². The fourth-order valence-corrected chi connectivity index (χ4v) is 2.14. The molecule has 4 nitrogen and oxygen atoms in total. The molecule has 0 atom stereocenters. The highest BCUT2D eigenvalue weighted by Gasteiger charge is 2.43. The standard InChI is InChI=1S/C15H14F3NO3/c1-14(2)9-22-13(21)19(14)12(20)8-7-10-5-3-4-6-11(10)15(16,17)18/h3-8H,9H2,1-2H3/b8-7+. The maximum atomic E-state index is 12.9. The summed E-state index contributed by atoms with van der Waals surface area (Å²) in [6.07, 6.45) is -3.33. The lowest BCUT2D eigenvalue weighted by atomic mass is 10.0. The summed E-state index contributed by atoms with van der Waals surface area (Å²) in [5.41, 5.74) is -1.82. The van der Waals surface area contributed by atoms with E-state index < -0.39 is 29.3 Å². The SMILES string of the molecule is CC1(C)COC(=O)N1C(=O)/C=C/c1ccccc1C(F)(F)F. The Bertz CT molecular complexity index is 635. The number of rotatable bonds is 2. The molecule has 118 valence electrons. The average molecular weight is 313 g/mol. The molecule has 1 aliphatic rings. The number of imide groups is 1. The summed E-state index contributed by atoms with van der Waals surface area (Å²) in [7, 11) is 0. The first kappa shape index (κ1) is 16.1. The maximum absolute atomic E-state index is 12.9. The summed E-state index contributed by atoms with van der Waals surface area (Å²) >= 11 is 0. The van der Waals surface area contributed by atoms with E-state index in [1.54, 1.807) is 13.8 Å². The second kappa shape index (κ2) is 5.47. The van der Waals surface area contributed by atoms with Crippen molar-refractivity contribution in [2.45, 2.75) is 25.6 Å². The number of nitrogens with zero attached hydrogens (tertiary/aromatic N) is 1. The monoisotopic (exact) mass is 313 g/mol. The lowest BCUT2D eigenvalue weighted by molar-refractivity contribution is -0.137. The minimum atomic E-state index is -4.52. The first-order valence-corrected chi connectivity index (χ1v) is 6.48. The van der Waals surface area contributed by atoms with Gasteiger partial charge in [0.25, 0.3) is 5.91 Å². The first-order valence-electron chi connectivity index (χ1n) is 6.48. The van der Waals surface area contributed by atoms with Crippen molar-refractivity contribution >= 4 is 18.1 Å². The Balaban J connectivity index is 2.26. The number of hydrogen-bond acceptors (Lipinski definition) is 3. The Morgan fingerprint density at radius 3 is 2.50 bits per heavy atom. The van der Waals surface area contributed by atoms with E-state index in [0.717, 1.165) is 23.1 Å². The summed E-state index contributed by atoms with van der Waals surface area (Å²) in [4.78, 5) is 24.5. The molecule has 0 aromatic heterocycles. The zero-order valence-electron chi connectivity index (χ0n) is 12.0. The van der Waals surface area contributed by atoms with Gasteiger partial charge in [-0.2, -0.15) is 13.2 Å². The van der Waals surface area contributed by atoms with Crippen molar-refractivity contribution in [1.29, 1.82) is 0 Å². The van der Waals surface area contributed by atoms with Crippen molar-refractivity contribution in [3.05, 3.63) is 41.5 Å². The van der Waals surface area contributed by atoms with Gasteiger partial charge < -0.3 is 4.74 Å². The minimum Gasteiger partial charge on any atom is -0.447 e. The Morgan fingerprint density at radius 1 is 1.32 bits per heavy atom. The summed E-state index contributed by atoms with van der Waals surface area (Å²) in [5.74, 6) is -0.718. The largest absolute Gasteiger partial charge is 0.447 e. The number of alkyl halides is 3. The molecule has 0 bridgehead atoms. The van der Waals surface area contributed by atoms with E-state index in [0.29, 0.717) is 0 Å². The molecule has 0 radical (unpaired) electrons. The van der Waals surface area contributed by atoms with Gasteiger partial charge in [0, 0.05) is 6.08 Å². The molecule has 0 spiro atoms.